The summed E-state index contributed by atoms with van der Waals surface area (Å²) in [6, 6.07) is 7.93. The van der Waals surface area contributed by atoms with Gasteiger partial charge in [-0.25, -0.2) is 4.68 Å². The van der Waals surface area contributed by atoms with E-state index in [9.17, 15) is 4.79 Å². The number of tetrazole rings is 1. The lowest BCUT2D eigenvalue weighted by Crippen LogP contribution is -2.16. The summed E-state index contributed by atoms with van der Waals surface area (Å²) in [5, 5.41) is 20.6. The lowest BCUT2D eigenvalue weighted by molar-refractivity contribution is -0.138. The highest BCUT2D eigenvalue weighted by Gasteiger charge is 2.16. The molecule has 1 heterocycles. The standard InChI is InChI=1S/C14H18N4O2/c1-3-11(8-13(19)20)9-18-14(15-16-17-18)12-6-4-5-10(2)7-12/h4-7,11H,3,8-9H2,1-2H3,(H,19,20). The summed E-state index contributed by atoms with van der Waals surface area (Å²) in [6.07, 6.45) is 0.906. The second kappa shape index (κ2) is 6.27. The molecule has 0 aliphatic heterocycles. The molecule has 2 rings (SSSR count). The fourth-order valence-electron chi connectivity index (χ4n) is 2.15. The molecule has 6 heteroatoms. The third-order valence-electron chi connectivity index (χ3n) is 3.28. The molecule has 106 valence electrons. The van der Waals surface area contributed by atoms with Crippen LogP contribution in [0.25, 0.3) is 11.4 Å². The van der Waals surface area contributed by atoms with E-state index in [2.05, 4.69) is 15.5 Å². The van der Waals surface area contributed by atoms with Crippen LogP contribution in [-0.4, -0.2) is 31.3 Å². The predicted molar refractivity (Wildman–Crippen MR) is 74.0 cm³/mol. The van der Waals surface area contributed by atoms with E-state index in [0.29, 0.717) is 12.4 Å². The number of rotatable bonds is 6. The monoisotopic (exact) mass is 274 g/mol. The molecule has 0 bridgehead atoms. The van der Waals surface area contributed by atoms with Crippen LogP contribution in [0.5, 0.6) is 0 Å². The van der Waals surface area contributed by atoms with Gasteiger partial charge >= 0.3 is 5.97 Å². The minimum absolute atomic E-state index is 0.0274. The highest BCUT2D eigenvalue weighted by molar-refractivity contribution is 5.67. The molecule has 0 fully saturated rings. The molecule has 0 saturated heterocycles. The number of aliphatic carboxylic acids is 1. The van der Waals surface area contributed by atoms with Crippen molar-refractivity contribution in [2.75, 3.05) is 0 Å². The predicted octanol–water partition coefficient (Wildman–Crippen LogP) is 2.15. The largest absolute Gasteiger partial charge is 0.481 e. The van der Waals surface area contributed by atoms with Gasteiger partial charge in [-0.05, 0) is 29.3 Å². The molecular formula is C14H18N4O2. The lowest BCUT2D eigenvalue weighted by Gasteiger charge is -2.13. The molecule has 6 nitrogen and oxygen atoms in total. The van der Waals surface area contributed by atoms with Gasteiger partial charge in [0.2, 0.25) is 0 Å². The number of carbonyl (C=O) groups is 1. The van der Waals surface area contributed by atoms with Gasteiger partial charge in [-0.15, -0.1) is 5.10 Å². The smallest absolute Gasteiger partial charge is 0.303 e. The normalized spacial score (nSPS) is 12.3. The van der Waals surface area contributed by atoms with Crippen molar-refractivity contribution >= 4 is 5.97 Å². The highest BCUT2D eigenvalue weighted by atomic mass is 16.4. The second-order valence-electron chi connectivity index (χ2n) is 4.93. The molecule has 20 heavy (non-hydrogen) atoms. The number of aryl methyl sites for hydroxylation is 1. The zero-order valence-corrected chi connectivity index (χ0v) is 11.7. The fraction of sp³-hybridized carbons (Fsp3) is 0.429. The molecule has 1 unspecified atom stereocenters. The molecule has 1 N–H and O–H groups in total. The van der Waals surface area contributed by atoms with Gasteiger partial charge in [0, 0.05) is 18.5 Å². The molecule has 1 aromatic carbocycles. The Morgan fingerprint density at radius 3 is 2.90 bits per heavy atom. The van der Waals surface area contributed by atoms with E-state index in [0.717, 1.165) is 17.5 Å². The minimum atomic E-state index is -0.790. The Bertz CT molecular complexity index is 594. The van der Waals surface area contributed by atoms with Crippen LogP contribution in [0.2, 0.25) is 0 Å². The number of nitrogens with zero attached hydrogens (tertiary/aromatic N) is 4. The minimum Gasteiger partial charge on any atom is -0.481 e. The van der Waals surface area contributed by atoms with Crippen molar-refractivity contribution in [3.63, 3.8) is 0 Å². The van der Waals surface area contributed by atoms with Crippen LogP contribution >= 0.6 is 0 Å². The molecule has 1 aromatic heterocycles. The van der Waals surface area contributed by atoms with Crippen LogP contribution < -0.4 is 0 Å². The van der Waals surface area contributed by atoms with Crippen molar-refractivity contribution in [1.82, 2.24) is 20.2 Å². The maximum atomic E-state index is 10.8. The molecular weight excluding hydrogens is 256 g/mol. The van der Waals surface area contributed by atoms with Gasteiger partial charge in [0.15, 0.2) is 5.82 Å². The maximum absolute atomic E-state index is 10.8. The van der Waals surface area contributed by atoms with Crippen LogP contribution in [0.1, 0.15) is 25.3 Å². The van der Waals surface area contributed by atoms with E-state index in [4.69, 9.17) is 5.11 Å². The summed E-state index contributed by atoms with van der Waals surface area (Å²) in [4.78, 5) is 10.8. The molecule has 0 aliphatic carbocycles. The lowest BCUT2D eigenvalue weighted by atomic mass is 10.0. The van der Waals surface area contributed by atoms with Gasteiger partial charge < -0.3 is 5.11 Å². The fourth-order valence-corrected chi connectivity index (χ4v) is 2.15. The first-order valence-corrected chi connectivity index (χ1v) is 6.65. The van der Waals surface area contributed by atoms with Gasteiger partial charge in [0.05, 0.1) is 0 Å². The zero-order valence-electron chi connectivity index (χ0n) is 11.7. The summed E-state index contributed by atoms with van der Waals surface area (Å²) in [6.45, 7) is 4.50. The van der Waals surface area contributed by atoms with E-state index >= 15 is 0 Å². The Labute approximate surface area is 117 Å². The van der Waals surface area contributed by atoms with Crippen LogP contribution in [0.3, 0.4) is 0 Å². The Morgan fingerprint density at radius 1 is 1.45 bits per heavy atom. The third-order valence-corrected chi connectivity index (χ3v) is 3.28. The average molecular weight is 274 g/mol. The van der Waals surface area contributed by atoms with Crippen LogP contribution in [0.4, 0.5) is 0 Å². The number of aromatic nitrogens is 4. The van der Waals surface area contributed by atoms with E-state index in [1.54, 1.807) is 4.68 Å². The average Bonchev–Trinajstić information content (AvgIpc) is 2.85. The van der Waals surface area contributed by atoms with Crippen LogP contribution in [0.15, 0.2) is 24.3 Å². The number of carboxylic acids is 1. The molecule has 0 amide bonds. The van der Waals surface area contributed by atoms with Crippen LogP contribution in [-0.2, 0) is 11.3 Å². The topological polar surface area (TPSA) is 80.9 Å². The van der Waals surface area contributed by atoms with Gasteiger partial charge in [-0.1, -0.05) is 37.1 Å². The first-order chi connectivity index (χ1) is 9.60. The Hall–Kier alpha value is -2.24. The first-order valence-electron chi connectivity index (χ1n) is 6.65. The maximum Gasteiger partial charge on any atom is 0.303 e. The quantitative estimate of drug-likeness (QED) is 0.872. The molecule has 2 aromatic rings. The molecule has 0 spiro atoms. The van der Waals surface area contributed by atoms with E-state index in [1.807, 2.05) is 38.1 Å². The molecule has 0 aliphatic rings. The van der Waals surface area contributed by atoms with Crippen molar-refractivity contribution in [3.8, 4) is 11.4 Å². The van der Waals surface area contributed by atoms with Crippen molar-refractivity contribution in [3.05, 3.63) is 29.8 Å². The summed E-state index contributed by atoms with van der Waals surface area (Å²) in [5.74, 6) is -0.0841. The van der Waals surface area contributed by atoms with E-state index in [-0.39, 0.29) is 12.3 Å². The second-order valence-corrected chi connectivity index (χ2v) is 4.93. The SMILES string of the molecule is CCC(CC(=O)O)Cn1nnnc1-c1cccc(C)c1. The number of hydrogen-bond acceptors (Lipinski definition) is 4. The van der Waals surface area contributed by atoms with Gasteiger partial charge in [-0.2, -0.15) is 0 Å². The Morgan fingerprint density at radius 2 is 2.25 bits per heavy atom. The van der Waals surface area contributed by atoms with Crippen molar-refractivity contribution in [2.24, 2.45) is 5.92 Å². The van der Waals surface area contributed by atoms with Crippen molar-refractivity contribution in [2.45, 2.75) is 33.2 Å². The van der Waals surface area contributed by atoms with Crippen molar-refractivity contribution in [1.29, 1.82) is 0 Å². The zero-order chi connectivity index (χ0) is 14.5. The Kier molecular flexibility index (Phi) is 4.45. The summed E-state index contributed by atoms with van der Waals surface area (Å²) in [7, 11) is 0. The number of carboxylic acid groups (broad SMARTS) is 1. The van der Waals surface area contributed by atoms with Gasteiger partial charge in [-0.3, -0.25) is 4.79 Å². The summed E-state index contributed by atoms with van der Waals surface area (Å²) in [5.41, 5.74) is 2.08. The van der Waals surface area contributed by atoms with Gasteiger partial charge in [0.1, 0.15) is 0 Å². The third kappa shape index (κ3) is 3.40. The Balaban J connectivity index is 2.22. The van der Waals surface area contributed by atoms with E-state index in [1.165, 1.54) is 0 Å². The number of hydrogen-bond donors (Lipinski definition) is 1. The molecule has 0 radical (unpaired) electrons. The molecule has 0 saturated carbocycles. The molecule has 1 atom stereocenters. The van der Waals surface area contributed by atoms with Crippen LogP contribution in [0, 0.1) is 12.8 Å². The highest BCUT2D eigenvalue weighted by Crippen LogP contribution is 2.19. The first kappa shape index (κ1) is 14.2. The number of benzene rings is 1. The van der Waals surface area contributed by atoms with Crippen molar-refractivity contribution < 1.29 is 9.90 Å². The van der Waals surface area contributed by atoms with E-state index < -0.39 is 5.97 Å². The summed E-state index contributed by atoms with van der Waals surface area (Å²) < 4.78 is 1.69. The summed E-state index contributed by atoms with van der Waals surface area (Å²) >= 11 is 0. The van der Waals surface area contributed by atoms with Gasteiger partial charge in [0.25, 0.3) is 0 Å².